The predicted octanol–water partition coefficient (Wildman–Crippen LogP) is 9.40. The summed E-state index contributed by atoms with van der Waals surface area (Å²) in [6.45, 7) is 2.53. The fourth-order valence-corrected chi connectivity index (χ4v) is 8.14. The van der Waals surface area contributed by atoms with Crippen molar-refractivity contribution < 1.29 is 56.9 Å². The van der Waals surface area contributed by atoms with Crippen LogP contribution in [0.2, 0.25) is 0 Å². The molecule has 1 aliphatic heterocycles. The van der Waals surface area contributed by atoms with Gasteiger partial charge >= 0.3 is 25.5 Å². The van der Waals surface area contributed by atoms with E-state index in [4.69, 9.17) is 23.3 Å². The van der Waals surface area contributed by atoms with Crippen LogP contribution in [0, 0.1) is 5.82 Å². The third kappa shape index (κ3) is 26.1. The Morgan fingerprint density at radius 2 is 1.21 bits per heavy atom. The topological polar surface area (TPSA) is 213 Å². The van der Waals surface area contributed by atoms with Crippen LogP contribution < -0.4 is 11.2 Å². The van der Waals surface area contributed by atoms with E-state index in [1.54, 1.807) is 4.98 Å². The number of H-pyrrole nitrogens is 1. The van der Waals surface area contributed by atoms with Gasteiger partial charge < -0.3 is 29.3 Å². The van der Waals surface area contributed by atoms with Gasteiger partial charge in [0.25, 0.3) is 5.56 Å². The van der Waals surface area contributed by atoms with E-state index in [-0.39, 0.29) is 12.8 Å². The second-order valence-electron chi connectivity index (χ2n) is 16.9. The molecule has 0 aromatic carbocycles. The zero-order valence-electron chi connectivity index (χ0n) is 38.2. The highest BCUT2D eigenvalue weighted by molar-refractivity contribution is 7.47. The Hall–Kier alpha value is -2.72. The maximum atomic E-state index is 13.9. The normalized spacial score (nSPS) is 19.1. The number of carbonyl (C=O) groups excluding carboxylic acids is 2. The summed E-state index contributed by atoms with van der Waals surface area (Å²) in [6, 6.07) is 0. The average molecular weight is 919 g/mol. The van der Waals surface area contributed by atoms with E-state index >= 15 is 0 Å². The Morgan fingerprint density at radius 3 is 1.73 bits per heavy atom. The lowest BCUT2D eigenvalue weighted by atomic mass is 10.0. The number of unbranched alkanes of at least 4 members (excludes halogenated alkanes) is 23. The molecule has 4 N–H and O–H groups in total. The molecule has 17 heteroatoms. The fraction of sp³-hybridized carbons (Fsp3) is 0.826. The maximum absolute atomic E-state index is 13.9. The van der Waals surface area contributed by atoms with Crippen LogP contribution in [0.1, 0.15) is 200 Å². The molecular formula is C46H80FN2O13P. The molecule has 2 heterocycles. The molecule has 1 aromatic rings. The first-order chi connectivity index (χ1) is 30.4. The van der Waals surface area contributed by atoms with Crippen LogP contribution in [0.4, 0.5) is 4.39 Å². The minimum Gasteiger partial charge on any atom is -0.462 e. The summed E-state index contributed by atoms with van der Waals surface area (Å²) < 4.78 is 53.6. The van der Waals surface area contributed by atoms with Crippen LogP contribution in [0.5, 0.6) is 0 Å². The number of aromatic nitrogens is 2. The van der Waals surface area contributed by atoms with E-state index in [0.29, 0.717) is 23.6 Å². The summed E-state index contributed by atoms with van der Waals surface area (Å²) in [6.07, 6.45) is 26.9. The smallest absolute Gasteiger partial charge is 0.462 e. The summed E-state index contributed by atoms with van der Waals surface area (Å²) in [7, 11) is -4.93. The number of ether oxygens (including phenoxy) is 3. The first kappa shape index (κ1) is 56.4. The number of aliphatic hydroxyl groups is 2. The maximum Gasteiger partial charge on any atom is 0.472 e. The fourth-order valence-electron chi connectivity index (χ4n) is 7.37. The molecule has 0 radical (unpaired) electrons. The van der Waals surface area contributed by atoms with Gasteiger partial charge in [0, 0.05) is 12.8 Å². The Balaban J connectivity index is 1.79. The van der Waals surface area contributed by atoms with E-state index in [2.05, 4.69) is 26.0 Å². The van der Waals surface area contributed by atoms with Crippen molar-refractivity contribution in [2.24, 2.45) is 0 Å². The zero-order valence-corrected chi connectivity index (χ0v) is 39.1. The number of carbonyl (C=O) groups is 2. The van der Waals surface area contributed by atoms with Crippen molar-refractivity contribution in [2.45, 2.75) is 224 Å². The van der Waals surface area contributed by atoms with Crippen LogP contribution in [0.3, 0.4) is 0 Å². The van der Waals surface area contributed by atoms with Gasteiger partial charge in [0.1, 0.15) is 24.9 Å². The molecule has 0 aliphatic carbocycles. The molecule has 1 saturated heterocycles. The zero-order chi connectivity index (χ0) is 46.1. The van der Waals surface area contributed by atoms with Gasteiger partial charge in [0.15, 0.2) is 12.3 Å². The van der Waals surface area contributed by atoms with Crippen LogP contribution in [0.25, 0.3) is 0 Å². The van der Waals surface area contributed by atoms with Gasteiger partial charge in [-0.05, 0) is 38.5 Å². The van der Waals surface area contributed by atoms with Gasteiger partial charge in [-0.15, -0.1) is 0 Å². The van der Waals surface area contributed by atoms with Gasteiger partial charge in [0.05, 0.1) is 19.4 Å². The van der Waals surface area contributed by atoms with Crippen molar-refractivity contribution in [3.63, 3.8) is 0 Å². The Labute approximate surface area is 374 Å². The molecule has 0 saturated carbocycles. The van der Waals surface area contributed by atoms with Gasteiger partial charge in [-0.2, -0.15) is 4.39 Å². The number of phosphoric acid groups is 1. The third-order valence-corrected chi connectivity index (χ3v) is 12.2. The monoisotopic (exact) mass is 919 g/mol. The number of aliphatic hydroxyl groups excluding tert-OH is 2. The quantitative estimate of drug-likeness (QED) is 0.0210. The SMILES string of the molecule is CCCCCCCC/C=C\CCCCCCCC(=O)O[C@H](COC(=O)CCCCCCCCCCCCCCC)COP(=O)(O)OC[C@H]1O[C@@H](n2cc(F)c(=O)[nH]c2=O)[C@H](O)[C@@H]1O. The largest absolute Gasteiger partial charge is 0.472 e. The second kappa shape index (κ2) is 34.6. The molecule has 0 spiro atoms. The Bertz CT molecular complexity index is 1570. The number of esters is 2. The van der Waals surface area contributed by atoms with E-state index in [1.807, 2.05) is 0 Å². The number of nitrogens with zero attached hydrogens (tertiary/aromatic N) is 1. The molecule has 2 rings (SSSR count). The minimum atomic E-state index is -4.93. The minimum absolute atomic E-state index is 0.0948. The van der Waals surface area contributed by atoms with Crippen molar-refractivity contribution in [2.75, 3.05) is 19.8 Å². The lowest BCUT2D eigenvalue weighted by Gasteiger charge is -2.21. The summed E-state index contributed by atoms with van der Waals surface area (Å²) in [5.74, 6) is -2.43. The van der Waals surface area contributed by atoms with Crippen molar-refractivity contribution in [1.82, 2.24) is 9.55 Å². The van der Waals surface area contributed by atoms with Crippen LogP contribution in [-0.4, -0.2) is 80.8 Å². The molecule has 364 valence electrons. The number of phosphoric ester groups is 1. The van der Waals surface area contributed by atoms with Gasteiger partial charge in [-0.25, -0.2) is 9.36 Å². The number of allylic oxidation sites excluding steroid dienone is 2. The first-order valence-electron chi connectivity index (χ1n) is 24.0. The lowest BCUT2D eigenvalue weighted by Crippen LogP contribution is -2.38. The Morgan fingerprint density at radius 1 is 0.730 bits per heavy atom. The highest BCUT2D eigenvalue weighted by atomic mass is 31.2. The number of nitrogens with one attached hydrogen (secondary N) is 1. The standard InChI is InChI=1S/C46H80FN2O13P/c1-3-5-7-9-11-13-15-17-18-20-22-24-26-28-30-32-41(51)61-37(34-58-40(50)31-29-27-25-23-21-19-16-14-12-10-8-6-4-2)35-59-63(56,57)60-36-39-42(52)43(53)45(62-39)49-33-38(47)44(54)48-46(49)55/h17-18,33,37,39,42-43,45,52-53H,3-16,19-32,34-36H2,1-2H3,(H,56,57)(H,48,54,55)/b18-17-/t37-,39-,42-,43-,45-/m1/s1. The summed E-state index contributed by atoms with van der Waals surface area (Å²) >= 11 is 0. The number of halogens is 1. The summed E-state index contributed by atoms with van der Waals surface area (Å²) in [5, 5.41) is 20.9. The predicted molar refractivity (Wildman–Crippen MR) is 240 cm³/mol. The van der Waals surface area contributed by atoms with Gasteiger partial charge in [-0.3, -0.25) is 33.0 Å². The van der Waals surface area contributed by atoms with Crippen molar-refractivity contribution >= 4 is 19.8 Å². The Kier molecular flexibility index (Phi) is 31.0. The third-order valence-electron chi connectivity index (χ3n) is 11.2. The van der Waals surface area contributed by atoms with Crippen LogP contribution >= 0.6 is 7.82 Å². The molecule has 15 nitrogen and oxygen atoms in total. The first-order valence-corrected chi connectivity index (χ1v) is 25.5. The highest BCUT2D eigenvalue weighted by Crippen LogP contribution is 2.44. The number of aromatic amines is 1. The molecule has 1 fully saturated rings. The molecule has 1 aliphatic rings. The molecule has 0 bridgehead atoms. The molecule has 63 heavy (non-hydrogen) atoms. The number of hydrogen-bond acceptors (Lipinski definition) is 12. The molecule has 6 atom stereocenters. The van der Waals surface area contributed by atoms with Crippen molar-refractivity contribution in [3.8, 4) is 0 Å². The van der Waals surface area contributed by atoms with E-state index in [1.165, 1.54) is 96.3 Å². The molecule has 1 unspecified atom stereocenters. The number of rotatable bonds is 39. The lowest BCUT2D eigenvalue weighted by molar-refractivity contribution is -0.161. The van der Waals surface area contributed by atoms with E-state index < -0.39 is 87.3 Å². The van der Waals surface area contributed by atoms with Crippen LogP contribution in [0.15, 0.2) is 27.9 Å². The van der Waals surface area contributed by atoms with Crippen LogP contribution in [-0.2, 0) is 37.4 Å². The van der Waals surface area contributed by atoms with Crippen molar-refractivity contribution in [1.29, 1.82) is 0 Å². The van der Waals surface area contributed by atoms with Gasteiger partial charge in [0.2, 0.25) is 5.82 Å². The van der Waals surface area contributed by atoms with E-state index in [0.717, 1.165) is 57.8 Å². The highest BCUT2D eigenvalue weighted by Gasteiger charge is 2.45. The summed E-state index contributed by atoms with van der Waals surface area (Å²) in [5.41, 5.74) is -2.42. The van der Waals surface area contributed by atoms with Gasteiger partial charge in [-0.1, -0.05) is 154 Å². The average Bonchev–Trinajstić information content (AvgIpc) is 3.54. The summed E-state index contributed by atoms with van der Waals surface area (Å²) in [4.78, 5) is 61.2. The van der Waals surface area contributed by atoms with Crippen molar-refractivity contribution in [3.05, 3.63) is 45.0 Å². The number of hydrogen-bond donors (Lipinski definition) is 4. The van der Waals surface area contributed by atoms with E-state index in [9.17, 15) is 43.2 Å². The molecular weight excluding hydrogens is 838 g/mol. The molecule has 1 aromatic heterocycles. The molecule has 0 amide bonds. The second-order valence-corrected chi connectivity index (χ2v) is 18.3.